The normalized spacial score (nSPS) is 10.6. The van der Waals surface area contributed by atoms with E-state index in [9.17, 15) is 5.53 Å². The van der Waals surface area contributed by atoms with Crippen molar-refractivity contribution in [1.82, 2.24) is 0 Å². The maximum absolute atomic E-state index is 9.50. The minimum Gasteiger partial charge on any atom is -1.00 e. The molecule has 34 heavy (non-hydrogen) atoms. The number of azide groups is 1. The van der Waals surface area contributed by atoms with E-state index in [1.807, 2.05) is 66.7 Å². The van der Waals surface area contributed by atoms with Gasteiger partial charge in [0.15, 0.2) is 0 Å². The van der Waals surface area contributed by atoms with Crippen LogP contribution in [0.1, 0.15) is 6.92 Å². The maximum atomic E-state index is 9.50. The zero-order chi connectivity index (χ0) is 22.9. The highest BCUT2D eigenvalue weighted by Crippen LogP contribution is 2.45. The number of hydrogen-bond donors (Lipinski definition) is 2. The van der Waals surface area contributed by atoms with E-state index in [1.165, 1.54) is 0 Å². The van der Waals surface area contributed by atoms with Crippen molar-refractivity contribution in [3.05, 3.63) is 95.4 Å². The van der Waals surface area contributed by atoms with Gasteiger partial charge >= 0.3 is 0 Å². The second-order valence-corrected chi connectivity index (χ2v) is 7.90. The summed E-state index contributed by atoms with van der Waals surface area (Å²) >= 11 is 0. The highest BCUT2D eigenvalue weighted by Gasteiger charge is 2.26. The van der Waals surface area contributed by atoms with Gasteiger partial charge in [-0.25, -0.2) is 0 Å². The molecule has 0 aliphatic carbocycles. The van der Waals surface area contributed by atoms with Crippen LogP contribution in [-0.2, 0) is 6.54 Å². The fourth-order valence-electron chi connectivity index (χ4n) is 4.71. The average molecular weight is 467 g/mol. The van der Waals surface area contributed by atoms with E-state index in [4.69, 9.17) is 11.5 Å². The smallest absolute Gasteiger partial charge is 0.220 e. The number of anilines is 2. The van der Waals surface area contributed by atoms with Gasteiger partial charge in [0.25, 0.3) is 0 Å². The Kier molecular flexibility index (Phi) is 6.28. The van der Waals surface area contributed by atoms with E-state index in [-0.39, 0.29) is 12.4 Å². The van der Waals surface area contributed by atoms with Crippen LogP contribution in [0.4, 0.5) is 17.1 Å². The van der Waals surface area contributed by atoms with Crippen molar-refractivity contribution in [2.24, 2.45) is 5.11 Å². The van der Waals surface area contributed by atoms with Crippen LogP contribution >= 0.6 is 0 Å². The van der Waals surface area contributed by atoms with Gasteiger partial charge in [-0.2, -0.15) is 4.57 Å². The first-order chi connectivity index (χ1) is 16.1. The SMILES string of the molecule is CC[n+]1c(-c2cccc(N)c2)c2ccccc2c2c(N=[N+]=[N-])c(-c3ccccc3)c(N)cc21.[Cl-]. The Hall–Kier alpha value is -4.25. The molecule has 0 fully saturated rings. The average Bonchev–Trinajstić information content (AvgIpc) is 2.83. The molecule has 0 radical (unpaired) electrons. The van der Waals surface area contributed by atoms with E-state index in [2.05, 4.69) is 39.7 Å². The highest BCUT2D eigenvalue weighted by molar-refractivity contribution is 6.17. The van der Waals surface area contributed by atoms with Crippen LogP contribution in [0.2, 0.25) is 0 Å². The zero-order valence-electron chi connectivity index (χ0n) is 18.6. The quantitative estimate of drug-likeness (QED) is 0.105. The number of nitrogens with two attached hydrogens (primary N) is 2. The molecular weight excluding hydrogens is 444 g/mol. The lowest BCUT2D eigenvalue weighted by atomic mass is 9.93. The Labute approximate surface area is 203 Å². The van der Waals surface area contributed by atoms with Crippen LogP contribution in [0.25, 0.3) is 54.5 Å². The molecule has 6 nitrogen and oxygen atoms in total. The monoisotopic (exact) mass is 466 g/mol. The van der Waals surface area contributed by atoms with Crippen LogP contribution in [0.3, 0.4) is 0 Å². The van der Waals surface area contributed by atoms with Crippen LogP contribution < -0.4 is 28.4 Å². The summed E-state index contributed by atoms with van der Waals surface area (Å²) in [5.74, 6) is 0. The van der Waals surface area contributed by atoms with Crippen molar-refractivity contribution in [3.8, 4) is 22.4 Å². The van der Waals surface area contributed by atoms with Crippen LogP contribution in [0, 0.1) is 0 Å². The predicted molar refractivity (Wildman–Crippen MR) is 136 cm³/mol. The lowest BCUT2D eigenvalue weighted by molar-refractivity contribution is -0.655. The van der Waals surface area contributed by atoms with Crippen molar-refractivity contribution >= 4 is 38.7 Å². The minimum atomic E-state index is 0. The summed E-state index contributed by atoms with van der Waals surface area (Å²) in [5.41, 5.74) is 28.7. The molecule has 0 atom stereocenters. The summed E-state index contributed by atoms with van der Waals surface area (Å²) in [6.45, 7) is 2.80. The molecule has 0 saturated carbocycles. The molecule has 5 rings (SSSR count). The third kappa shape index (κ3) is 3.65. The van der Waals surface area contributed by atoms with E-state index in [1.54, 1.807) is 0 Å². The zero-order valence-corrected chi connectivity index (χ0v) is 19.4. The molecule has 4 aromatic carbocycles. The highest BCUT2D eigenvalue weighted by atomic mass is 35.5. The Balaban J connectivity index is 0.00000274. The molecule has 5 aromatic rings. The molecule has 1 aromatic heterocycles. The topological polar surface area (TPSA) is 105 Å². The largest absolute Gasteiger partial charge is 1.00 e. The minimum absolute atomic E-state index is 0. The first-order valence-electron chi connectivity index (χ1n) is 10.8. The van der Waals surface area contributed by atoms with Gasteiger partial charge in [-0.05, 0) is 42.3 Å². The third-order valence-electron chi connectivity index (χ3n) is 6.01. The van der Waals surface area contributed by atoms with Gasteiger partial charge in [-0.3, -0.25) is 0 Å². The number of pyridine rings is 1. The number of aryl methyl sites for hydroxylation is 1. The van der Waals surface area contributed by atoms with Gasteiger partial charge in [0.05, 0.1) is 16.5 Å². The molecule has 0 saturated heterocycles. The fraction of sp³-hybridized carbons (Fsp3) is 0.0741. The van der Waals surface area contributed by atoms with Crippen molar-refractivity contribution in [2.75, 3.05) is 11.5 Å². The Bertz CT molecular complexity index is 1570. The first-order valence-corrected chi connectivity index (χ1v) is 10.8. The van der Waals surface area contributed by atoms with Gasteiger partial charge < -0.3 is 23.9 Å². The van der Waals surface area contributed by atoms with E-state index in [0.29, 0.717) is 23.6 Å². The molecule has 168 valence electrons. The summed E-state index contributed by atoms with van der Waals surface area (Å²) < 4.78 is 2.22. The maximum Gasteiger partial charge on any atom is 0.220 e. The van der Waals surface area contributed by atoms with Gasteiger partial charge in [-0.1, -0.05) is 59.7 Å². The number of aromatic nitrogens is 1. The summed E-state index contributed by atoms with van der Waals surface area (Å²) in [4.78, 5) is 3.18. The van der Waals surface area contributed by atoms with Crippen molar-refractivity contribution < 1.29 is 17.0 Å². The first kappa shape index (κ1) is 22.9. The number of hydrogen-bond acceptors (Lipinski definition) is 3. The molecular formula is C27H23ClN6. The molecule has 0 unspecified atom stereocenters. The summed E-state index contributed by atoms with van der Waals surface area (Å²) in [6.07, 6.45) is 0. The lowest BCUT2D eigenvalue weighted by Gasteiger charge is -2.16. The van der Waals surface area contributed by atoms with Crippen molar-refractivity contribution in [2.45, 2.75) is 13.5 Å². The second-order valence-electron chi connectivity index (χ2n) is 7.90. The van der Waals surface area contributed by atoms with E-state index < -0.39 is 0 Å². The number of fused-ring (bicyclic) bond motifs is 3. The number of halogens is 1. The van der Waals surface area contributed by atoms with Crippen LogP contribution in [-0.4, -0.2) is 0 Å². The molecule has 0 bridgehead atoms. The summed E-state index contributed by atoms with van der Waals surface area (Å²) in [5, 5.41) is 7.11. The summed E-state index contributed by atoms with van der Waals surface area (Å²) in [6, 6.07) is 27.9. The third-order valence-corrected chi connectivity index (χ3v) is 6.01. The van der Waals surface area contributed by atoms with E-state index in [0.717, 1.165) is 44.1 Å². The predicted octanol–water partition coefficient (Wildman–Crippen LogP) is 3.74. The molecule has 0 spiro atoms. The molecule has 0 aliphatic rings. The van der Waals surface area contributed by atoms with Crippen LogP contribution in [0.5, 0.6) is 0 Å². The molecule has 7 heteroatoms. The van der Waals surface area contributed by atoms with Gasteiger partial charge in [0.1, 0.15) is 6.54 Å². The Morgan fingerprint density at radius 3 is 2.21 bits per heavy atom. The number of benzene rings is 4. The molecule has 4 N–H and O–H groups in total. The van der Waals surface area contributed by atoms with Crippen molar-refractivity contribution in [1.29, 1.82) is 0 Å². The lowest BCUT2D eigenvalue weighted by Crippen LogP contribution is -3.00. The number of nitrogens with zero attached hydrogens (tertiary/aromatic N) is 4. The molecule has 0 amide bonds. The van der Waals surface area contributed by atoms with Crippen molar-refractivity contribution in [3.63, 3.8) is 0 Å². The van der Waals surface area contributed by atoms with Crippen LogP contribution in [0.15, 0.2) is 90.0 Å². The summed E-state index contributed by atoms with van der Waals surface area (Å²) in [7, 11) is 0. The Morgan fingerprint density at radius 1 is 0.853 bits per heavy atom. The van der Waals surface area contributed by atoms with Gasteiger partial charge in [0, 0.05) is 38.9 Å². The Morgan fingerprint density at radius 2 is 1.53 bits per heavy atom. The fourth-order valence-corrected chi connectivity index (χ4v) is 4.71. The number of nitrogen functional groups attached to an aromatic ring is 2. The van der Waals surface area contributed by atoms with E-state index >= 15 is 0 Å². The standard InChI is InChI=1S/C27H22N6.ClH/c1-2-33-23-16-22(29)24(17-9-4-3-5-10-17)26(31-32-30)25(23)20-13-6-7-14-21(20)27(33)18-11-8-12-19(28)15-18;/h3-16,29H,2,28H2,1H3;1H. The van der Waals surface area contributed by atoms with Gasteiger partial charge in [0.2, 0.25) is 11.2 Å². The molecule has 0 aliphatic heterocycles. The molecule has 1 heterocycles. The van der Waals surface area contributed by atoms with Gasteiger partial charge in [-0.15, -0.1) is 0 Å². The second kappa shape index (κ2) is 9.32. The number of rotatable bonds is 4.